The van der Waals surface area contributed by atoms with Gasteiger partial charge in [0.05, 0.1) is 28.5 Å². The highest BCUT2D eigenvalue weighted by Crippen LogP contribution is 2.31. The maximum Gasteiger partial charge on any atom is 0.264 e. The van der Waals surface area contributed by atoms with E-state index in [1.165, 1.54) is 11.3 Å². The average Bonchev–Trinajstić information content (AvgIpc) is 3.15. The lowest BCUT2D eigenvalue weighted by Gasteiger charge is -2.35. The van der Waals surface area contributed by atoms with Crippen LogP contribution in [0.5, 0.6) is 0 Å². The molecule has 0 spiro atoms. The Bertz CT molecular complexity index is 756. The van der Waals surface area contributed by atoms with Crippen molar-refractivity contribution in [1.29, 1.82) is 0 Å². The van der Waals surface area contributed by atoms with Crippen LogP contribution in [0.15, 0.2) is 22.3 Å². The van der Waals surface area contributed by atoms with E-state index >= 15 is 0 Å². The molecule has 2 aromatic heterocycles. The predicted octanol–water partition coefficient (Wildman–Crippen LogP) is 2.78. The number of hydrogen-bond acceptors (Lipinski definition) is 5. The highest BCUT2D eigenvalue weighted by atomic mass is 32.1. The van der Waals surface area contributed by atoms with Crippen LogP contribution in [0.25, 0.3) is 0 Å². The van der Waals surface area contributed by atoms with Gasteiger partial charge < -0.3 is 9.80 Å². The van der Waals surface area contributed by atoms with Gasteiger partial charge in [0.25, 0.3) is 5.91 Å². The van der Waals surface area contributed by atoms with Crippen molar-refractivity contribution in [3.05, 3.63) is 38.5 Å². The van der Waals surface area contributed by atoms with Gasteiger partial charge in [0.2, 0.25) is 5.91 Å². The molecule has 2 amide bonds. The Balaban J connectivity index is 1.57. The van der Waals surface area contributed by atoms with Gasteiger partial charge in [-0.05, 0) is 36.8 Å². The van der Waals surface area contributed by atoms with E-state index in [9.17, 15) is 9.59 Å². The molecule has 7 heteroatoms. The molecule has 5 nitrogen and oxygen atoms in total. The number of amides is 2. The van der Waals surface area contributed by atoms with Crippen LogP contribution >= 0.6 is 22.7 Å². The Morgan fingerprint density at radius 1 is 1.38 bits per heavy atom. The zero-order valence-corrected chi connectivity index (χ0v) is 15.1. The fourth-order valence-corrected chi connectivity index (χ4v) is 5.08. The minimum absolute atomic E-state index is 0.0720. The van der Waals surface area contributed by atoms with Gasteiger partial charge in [0.15, 0.2) is 0 Å². The van der Waals surface area contributed by atoms with Gasteiger partial charge >= 0.3 is 0 Å². The average molecular weight is 361 g/mol. The maximum absolute atomic E-state index is 12.9. The molecule has 3 saturated heterocycles. The number of rotatable bonds is 3. The van der Waals surface area contributed by atoms with Crippen LogP contribution in [0.2, 0.25) is 0 Å². The van der Waals surface area contributed by atoms with Crippen LogP contribution in [0.4, 0.5) is 0 Å². The predicted molar refractivity (Wildman–Crippen MR) is 94.1 cm³/mol. The molecule has 3 fully saturated rings. The Hall–Kier alpha value is -1.73. The molecule has 24 heavy (non-hydrogen) atoms. The number of piperidine rings is 1. The Kier molecular flexibility index (Phi) is 4.14. The Morgan fingerprint density at radius 2 is 2.25 bits per heavy atom. The molecule has 2 atom stereocenters. The van der Waals surface area contributed by atoms with E-state index in [0.717, 1.165) is 29.0 Å². The largest absolute Gasteiger partial charge is 0.335 e. The third-order valence-electron chi connectivity index (χ3n) is 4.95. The van der Waals surface area contributed by atoms with Crippen molar-refractivity contribution in [1.82, 2.24) is 14.8 Å². The van der Waals surface area contributed by atoms with Gasteiger partial charge in [-0.15, -0.1) is 22.7 Å². The molecule has 0 aromatic carbocycles. The SMILES string of the molecule is Cc1ccsc1C(=O)N1C[C@@H]2CC[C@H](C1)N(Cc1cscn1)C2=O. The standard InChI is InChI=1S/C17H19N3O2S2/c1-11-4-5-24-15(11)17(22)19-6-12-2-3-14(8-19)20(16(12)21)7-13-9-23-10-18-13/h4-5,9-10,12,14H,2-3,6-8H2,1H3/t12-,14+/m0/s1. The molecule has 5 rings (SSSR count). The summed E-state index contributed by atoms with van der Waals surface area (Å²) in [5.74, 6) is 0.173. The first-order valence-electron chi connectivity index (χ1n) is 8.14. The summed E-state index contributed by atoms with van der Waals surface area (Å²) in [6.07, 6.45) is 1.85. The van der Waals surface area contributed by atoms with Gasteiger partial charge in [-0.3, -0.25) is 9.59 Å². The Labute approximate surface area is 148 Å². The molecule has 2 aromatic rings. The summed E-state index contributed by atoms with van der Waals surface area (Å²) in [6.45, 7) is 3.70. The fraction of sp³-hybridized carbons (Fsp3) is 0.471. The van der Waals surface area contributed by atoms with Gasteiger partial charge in [0.1, 0.15) is 0 Å². The fourth-order valence-electron chi connectivity index (χ4n) is 3.64. The van der Waals surface area contributed by atoms with E-state index in [1.807, 2.05) is 33.6 Å². The lowest BCUT2D eigenvalue weighted by Crippen LogP contribution is -2.47. The number of carbonyl (C=O) groups is 2. The van der Waals surface area contributed by atoms with E-state index in [2.05, 4.69) is 4.98 Å². The third-order valence-corrected chi connectivity index (χ3v) is 6.59. The second-order valence-corrected chi connectivity index (χ2v) is 8.15. The number of nitrogens with zero attached hydrogens (tertiary/aromatic N) is 3. The first kappa shape index (κ1) is 15.8. The molecule has 0 aliphatic carbocycles. The second kappa shape index (κ2) is 6.29. The number of thiophene rings is 1. The molecular formula is C17H19N3O2S2. The molecule has 126 valence electrons. The van der Waals surface area contributed by atoms with E-state index in [-0.39, 0.29) is 23.8 Å². The highest BCUT2D eigenvalue weighted by molar-refractivity contribution is 7.12. The smallest absolute Gasteiger partial charge is 0.264 e. The van der Waals surface area contributed by atoms with Gasteiger partial charge in [-0.25, -0.2) is 4.98 Å². The van der Waals surface area contributed by atoms with Crippen LogP contribution in [0, 0.1) is 12.8 Å². The number of aryl methyl sites for hydroxylation is 1. The molecule has 3 aliphatic heterocycles. The number of carbonyl (C=O) groups excluding carboxylic acids is 2. The lowest BCUT2D eigenvalue weighted by molar-refractivity contribution is -0.140. The minimum Gasteiger partial charge on any atom is -0.335 e. The number of aromatic nitrogens is 1. The summed E-state index contributed by atoms with van der Waals surface area (Å²) in [5.41, 5.74) is 3.76. The molecule has 5 heterocycles. The zero-order chi connectivity index (χ0) is 16.7. The third kappa shape index (κ3) is 2.75. The van der Waals surface area contributed by atoms with Gasteiger partial charge in [-0.2, -0.15) is 0 Å². The summed E-state index contributed by atoms with van der Waals surface area (Å²) in [6, 6.07) is 2.08. The van der Waals surface area contributed by atoms with Crippen molar-refractivity contribution in [2.75, 3.05) is 13.1 Å². The molecule has 3 aliphatic rings. The van der Waals surface area contributed by atoms with E-state index in [0.29, 0.717) is 19.6 Å². The van der Waals surface area contributed by atoms with Crippen molar-refractivity contribution >= 4 is 34.5 Å². The molecule has 0 radical (unpaired) electrons. The normalized spacial score (nSPS) is 23.6. The second-order valence-electron chi connectivity index (χ2n) is 6.52. The number of thiazole rings is 1. The van der Waals surface area contributed by atoms with E-state index < -0.39 is 0 Å². The van der Waals surface area contributed by atoms with E-state index in [1.54, 1.807) is 16.8 Å². The molecule has 0 unspecified atom stereocenters. The highest BCUT2D eigenvalue weighted by Gasteiger charge is 2.42. The monoisotopic (exact) mass is 361 g/mol. The van der Waals surface area contributed by atoms with Crippen LogP contribution in [0.3, 0.4) is 0 Å². The molecular weight excluding hydrogens is 342 g/mol. The zero-order valence-electron chi connectivity index (χ0n) is 13.5. The summed E-state index contributed by atoms with van der Waals surface area (Å²) < 4.78 is 0. The van der Waals surface area contributed by atoms with Crippen LogP contribution in [-0.4, -0.2) is 45.7 Å². The van der Waals surface area contributed by atoms with Crippen LogP contribution in [0.1, 0.15) is 33.8 Å². The summed E-state index contributed by atoms with van der Waals surface area (Å²) in [7, 11) is 0. The quantitative estimate of drug-likeness (QED) is 0.845. The summed E-state index contributed by atoms with van der Waals surface area (Å²) in [5, 5.41) is 3.94. The van der Waals surface area contributed by atoms with Crippen molar-refractivity contribution in [2.24, 2.45) is 5.92 Å². The topological polar surface area (TPSA) is 53.5 Å². The van der Waals surface area contributed by atoms with Crippen LogP contribution < -0.4 is 0 Å². The molecule has 2 bridgehead atoms. The molecule has 0 N–H and O–H groups in total. The minimum atomic E-state index is -0.0772. The maximum atomic E-state index is 12.9. The van der Waals surface area contributed by atoms with Crippen molar-refractivity contribution < 1.29 is 9.59 Å². The van der Waals surface area contributed by atoms with Crippen molar-refractivity contribution in [3.8, 4) is 0 Å². The first-order valence-corrected chi connectivity index (χ1v) is 9.96. The number of fused-ring (bicyclic) bond motifs is 4. The summed E-state index contributed by atoms with van der Waals surface area (Å²) in [4.78, 5) is 34.6. The van der Waals surface area contributed by atoms with Gasteiger partial charge in [0, 0.05) is 24.5 Å². The number of hydrogen-bond donors (Lipinski definition) is 0. The van der Waals surface area contributed by atoms with Crippen LogP contribution in [-0.2, 0) is 11.3 Å². The molecule has 0 saturated carbocycles. The Morgan fingerprint density at radius 3 is 2.96 bits per heavy atom. The lowest BCUT2D eigenvalue weighted by atomic mass is 9.94. The summed E-state index contributed by atoms with van der Waals surface area (Å²) >= 11 is 3.04. The van der Waals surface area contributed by atoms with Crippen molar-refractivity contribution in [2.45, 2.75) is 32.4 Å². The van der Waals surface area contributed by atoms with E-state index in [4.69, 9.17) is 0 Å². The van der Waals surface area contributed by atoms with Gasteiger partial charge in [-0.1, -0.05) is 0 Å². The van der Waals surface area contributed by atoms with Crippen molar-refractivity contribution in [3.63, 3.8) is 0 Å². The first-order chi connectivity index (χ1) is 11.6.